The van der Waals surface area contributed by atoms with Crippen LogP contribution in [0, 0.1) is 0 Å². The molecular formula is C63H40N4. The molecule has 0 fully saturated rings. The lowest BCUT2D eigenvalue weighted by Gasteiger charge is -2.18. The number of hydrogen-bond donors (Lipinski definition) is 0. The summed E-state index contributed by atoms with van der Waals surface area (Å²) in [5, 5.41) is 15.5. The van der Waals surface area contributed by atoms with E-state index in [1.807, 2.05) is 12.1 Å². The van der Waals surface area contributed by atoms with Crippen molar-refractivity contribution >= 4 is 48.6 Å². The first-order valence-corrected chi connectivity index (χ1v) is 22.8. The third kappa shape index (κ3) is 6.49. The second kappa shape index (κ2) is 15.9. The van der Waals surface area contributed by atoms with Gasteiger partial charge in [-0.2, -0.15) is 5.10 Å². The second-order valence-corrected chi connectivity index (χ2v) is 17.1. The van der Waals surface area contributed by atoms with Crippen molar-refractivity contribution in [2.24, 2.45) is 0 Å². The molecule has 4 heteroatoms. The van der Waals surface area contributed by atoms with Gasteiger partial charge in [0.2, 0.25) is 0 Å². The van der Waals surface area contributed by atoms with Crippen LogP contribution in [0.3, 0.4) is 0 Å². The molecule has 0 radical (unpaired) electrons. The molecule has 0 amide bonds. The average Bonchev–Trinajstić information content (AvgIpc) is 3.82. The Morgan fingerprint density at radius 2 is 0.672 bits per heavy atom. The SMILES string of the molecule is c1ccc(-c2cc(-c3ccccc3)nc(-c3ccc(-c4c(-c5ccccc5)n5nc(-c6ccc7c8ccccc8c8ccccc8c7c6)c(-c6ccccc6)c5c5ccccc45)cc3)n2)cc1. The van der Waals surface area contributed by atoms with E-state index in [2.05, 4.69) is 235 Å². The molecule has 3 heterocycles. The highest BCUT2D eigenvalue weighted by molar-refractivity contribution is 6.26. The van der Waals surface area contributed by atoms with Crippen LogP contribution in [-0.2, 0) is 0 Å². The molecular weight excluding hydrogens is 813 g/mol. The van der Waals surface area contributed by atoms with Gasteiger partial charge in [0.05, 0.1) is 22.6 Å². The van der Waals surface area contributed by atoms with Gasteiger partial charge in [0, 0.05) is 44.3 Å². The zero-order chi connectivity index (χ0) is 44.3. The minimum atomic E-state index is 0.677. The molecule has 0 aliphatic heterocycles. The molecule has 0 unspecified atom stereocenters. The number of nitrogens with zero attached hydrogens (tertiary/aromatic N) is 4. The van der Waals surface area contributed by atoms with Gasteiger partial charge < -0.3 is 0 Å². The number of hydrogen-bond acceptors (Lipinski definition) is 3. The first-order valence-electron chi connectivity index (χ1n) is 22.8. The van der Waals surface area contributed by atoms with Crippen LogP contribution in [0.4, 0.5) is 0 Å². The second-order valence-electron chi connectivity index (χ2n) is 17.1. The average molecular weight is 853 g/mol. The Bertz CT molecular complexity index is 3900. The quantitative estimate of drug-likeness (QED) is 0.150. The highest BCUT2D eigenvalue weighted by Gasteiger charge is 2.26. The predicted octanol–water partition coefficient (Wildman–Crippen LogP) is 16.4. The fraction of sp³-hybridized carbons (Fsp3) is 0. The van der Waals surface area contributed by atoms with Gasteiger partial charge in [0.1, 0.15) is 5.69 Å². The fourth-order valence-corrected chi connectivity index (χ4v) is 10.1. The summed E-state index contributed by atoms with van der Waals surface area (Å²) in [6, 6.07) is 86.3. The van der Waals surface area contributed by atoms with Crippen LogP contribution in [0.1, 0.15) is 0 Å². The Morgan fingerprint density at radius 3 is 1.22 bits per heavy atom. The lowest BCUT2D eigenvalue weighted by atomic mass is 9.90. The topological polar surface area (TPSA) is 43.1 Å². The number of pyridine rings is 1. The molecule has 10 aromatic carbocycles. The molecule has 4 nitrogen and oxygen atoms in total. The Hall–Kier alpha value is -8.99. The Labute approximate surface area is 387 Å². The van der Waals surface area contributed by atoms with Gasteiger partial charge in [-0.1, -0.05) is 231 Å². The van der Waals surface area contributed by atoms with E-state index in [1.54, 1.807) is 0 Å². The summed E-state index contributed by atoms with van der Waals surface area (Å²) in [7, 11) is 0. The van der Waals surface area contributed by atoms with Gasteiger partial charge >= 0.3 is 0 Å². The smallest absolute Gasteiger partial charge is 0.160 e. The van der Waals surface area contributed by atoms with Crippen LogP contribution in [0.15, 0.2) is 243 Å². The van der Waals surface area contributed by atoms with Crippen LogP contribution in [-0.4, -0.2) is 19.6 Å². The number of fused-ring (bicyclic) bond motifs is 9. The summed E-state index contributed by atoms with van der Waals surface area (Å²) in [6.07, 6.45) is 0. The van der Waals surface area contributed by atoms with Crippen molar-refractivity contribution < 1.29 is 0 Å². The first-order chi connectivity index (χ1) is 33.2. The first kappa shape index (κ1) is 38.5. The normalized spacial score (nSPS) is 11.6. The largest absolute Gasteiger partial charge is 0.231 e. The van der Waals surface area contributed by atoms with E-state index in [0.717, 1.165) is 89.1 Å². The number of rotatable bonds is 7. The molecule has 67 heavy (non-hydrogen) atoms. The van der Waals surface area contributed by atoms with Crippen molar-refractivity contribution in [1.82, 2.24) is 19.6 Å². The van der Waals surface area contributed by atoms with Gasteiger partial charge in [-0.3, -0.25) is 0 Å². The third-order valence-corrected chi connectivity index (χ3v) is 13.2. The third-order valence-electron chi connectivity index (χ3n) is 13.2. The van der Waals surface area contributed by atoms with E-state index in [-0.39, 0.29) is 0 Å². The highest BCUT2D eigenvalue weighted by Crippen LogP contribution is 2.47. The molecule has 0 N–H and O–H groups in total. The molecule has 312 valence electrons. The van der Waals surface area contributed by atoms with E-state index < -0.39 is 0 Å². The number of benzene rings is 10. The molecule has 0 atom stereocenters. The van der Waals surface area contributed by atoms with Gasteiger partial charge in [-0.25, -0.2) is 14.5 Å². The zero-order valence-corrected chi connectivity index (χ0v) is 36.4. The summed E-state index contributed by atoms with van der Waals surface area (Å²) in [5.41, 5.74) is 14.4. The van der Waals surface area contributed by atoms with E-state index in [1.165, 1.54) is 32.3 Å². The van der Waals surface area contributed by atoms with Crippen LogP contribution >= 0.6 is 0 Å². The van der Waals surface area contributed by atoms with Crippen molar-refractivity contribution in [3.05, 3.63) is 243 Å². The van der Waals surface area contributed by atoms with E-state index in [9.17, 15) is 0 Å². The highest BCUT2D eigenvalue weighted by atomic mass is 15.2. The van der Waals surface area contributed by atoms with E-state index in [4.69, 9.17) is 15.1 Å². The van der Waals surface area contributed by atoms with Gasteiger partial charge in [0.15, 0.2) is 5.82 Å². The van der Waals surface area contributed by atoms with Gasteiger partial charge in [-0.15, -0.1) is 0 Å². The van der Waals surface area contributed by atoms with Crippen molar-refractivity contribution in [3.8, 4) is 78.7 Å². The summed E-state index contributed by atoms with van der Waals surface area (Å²) < 4.78 is 2.22. The maximum atomic E-state index is 5.76. The molecule has 3 aromatic heterocycles. The Morgan fingerprint density at radius 1 is 0.269 bits per heavy atom. The summed E-state index contributed by atoms with van der Waals surface area (Å²) in [6.45, 7) is 0. The molecule has 0 saturated heterocycles. The van der Waals surface area contributed by atoms with Crippen molar-refractivity contribution in [1.29, 1.82) is 0 Å². The van der Waals surface area contributed by atoms with E-state index >= 15 is 0 Å². The molecule has 13 rings (SSSR count). The standard InChI is InChI=1S/C63H40N4/c1-5-19-41(20-6-1)56-40-57(42-21-7-2-8-22-42)65-63(64-56)46-35-33-44(34-36-46)58-53-31-17-18-32-54(53)62-59(43-23-9-3-10-24-43)60(66-67(62)61(58)45-25-11-4-12-26-45)47-37-38-52-50-29-14-13-27-48(50)49-28-15-16-30-51(49)55(52)39-47/h1-40H. The lowest BCUT2D eigenvalue weighted by Crippen LogP contribution is -2.00. The summed E-state index contributed by atoms with van der Waals surface area (Å²) >= 11 is 0. The zero-order valence-electron chi connectivity index (χ0n) is 36.4. The van der Waals surface area contributed by atoms with E-state index in [0.29, 0.717) is 5.82 Å². The van der Waals surface area contributed by atoms with Crippen LogP contribution in [0.5, 0.6) is 0 Å². The summed E-state index contributed by atoms with van der Waals surface area (Å²) in [4.78, 5) is 10.3. The monoisotopic (exact) mass is 852 g/mol. The lowest BCUT2D eigenvalue weighted by molar-refractivity contribution is 0.981. The predicted molar refractivity (Wildman–Crippen MR) is 279 cm³/mol. The molecule has 0 saturated carbocycles. The maximum absolute atomic E-state index is 5.76. The molecule has 0 aliphatic rings. The van der Waals surface area contributed by atoms with Crippen LogP contribution in [0.25, 0.3) is 127 Å². The van der Waals surface area contributed by atoms with Crippen molar-refractivity contribution in [2.75, 3.05) is 0 Å². The Kier molecular flexibility index (Phi) is 9.14. The summed E-state index contributed by atoms with van der Waals surface area (Å²) in [5.74, 6) is 0.677. The van der Waals surface area contributed by atoms with Gasteiger partial charge in [-0.05, 0) is 61.0 Å². The Balaban J connectivity index is 1.06. The molecule has 13 aromatic rings. The van der Waals surface area contributed by atoms with Crippen LogP contribution in [0.2, 0.25) is 0 Å². The van der Waals surface area contributed by atoms with Crippen molar-refractivity contribution in [2.45, 2.75) is 0 Å². The molecule has 0 bridgehead atoms. The van der Waals surface area contributed by atoms with Gasteiger partial charge in [0.25, 0.3) is 0 Å². The minimum absolute atomic E-state index is 0.677. The fourth-order valence-electron chi connectivity index (χ4n) is 10.1. The number of aromatic nitrogens is 4. The van der Waals surface area contributed by atoms with Crippen molar-refractivity contribution in [3.63, 3.8) is 0 Å². The molecule has 0 spiro atoms. The molecule has 0 aliphatic carbocycles. The minimum Gasteiger partial charge on any atom is -0.231 e. The van der Waals surface area contributed by atoms with Crippen LogP contribution < -0.4 is 0 Å². The maximum Gasteiger partial charge on any atom is 0.160 e.